The quantitative estimate of drug-likeness (QED) is 0.693. The molecular weight excluding hydrogens is 192 g/mol. The first-order valence-electron chi connectivity index (χ1n) is 4.80. The van der Waals surface area contributed by atoms with Crippen molar-refractivity contribution in [2.24, 2.45) is 5.10 Å². The number of thiophene rings is 1. The van der Waals surface area contributed by atoms with Gasteiger partial charge < -0.3 is 0 Å². The Bertz CT molecular complexity index is 365. The predicted molar refractivity (Wildman–Crippen MR) is 63.3 cm³/mol. The van der Waals surface area contributed by atoms with Crippen LogP contribution >= 0.6 is 11.3 Å². The number of hydrogen-bond donors (Lipinski definition) is 0. The average molecular weight is 206 g/mol. The van der Waals surface area contributed by atoms with E-state index < -0.39 is 0 Å². The fourth-order valence-electron chi connectivity index (χ4n) is 1.59. The maximum absolute atomic E-state index is 4.57. The molecule has 0 aromatic carbocycles. The molecule has 0 fully saturated rings. The van der Waals surface area contributed by atoms with Crippen LogP contribution in [0, 0.1) is 6.92 Å². The Balaban J connectivity index is 2.15. The van der Waals surface area contributed by atoms with Crippen LogP contribution in [0.3, 0.4) is 0 Å². The van der Waals surface area contributed by atoms with E-state index in [0.29, 0.717) is 0 Å². The number of aryl methyl sites for hydroxylation is 1. The molecule has 14 heavy (non-hydrogen) atoms. The fraction of sp³-hybridized carbons (Fsp3) is 0.364. The smallest absolute Gasteiger partial charge is 0.115 e. The predicted octanol–water partition coefficient (Wildman–Crippen LogP) is 3.20. The number of allylic oxidation sites excluding steroid dienone is 1. The van der Waals surface area contributed by atoms with Crippen LogP contribution in [0.5, 0.6) is 0 Å². The van der Waals surface area contributed by atoms with Gasteiger partial charge in [-0.15, -0.1) is 17.9 Å². The minimum absolute atomic E-state index is 0.918. The molecule has 0 bridgehead atoms. The van der Waals surface area contributed by atoms with E-state index in [4.69, 9.17) is 0 Å². The summed E-state index contributed by atoms with van der Waals surface area (Å²) in [4.78, 5) is 0. The molecular formula is C11H14N2S. The first-order valence-corrected chi connectivity index (χ1v) is 5.68. The molecule has 2 heterocycles. The van der Waals surface area contributed by atoms with Crippen molar-refractivity contribution in [1.29, 1.82) is 0 Å². The second-order valence-electron chi connectivity index (χ2n) is 3.44. The van der Waals surface area contributed by atoms with Crippen LogP contribution in [-0.2, 0) is 0 Å². The average Bonchev–Trinajstić information content (AvgIpc) is 2.74. The van der Waals surface area contributed by atoms with Gasteiger partial charge in [0.05, 0.1) is 0 Å². The lowest BCUT2D eigenvalue weighted by Gasteiger charge is -2.11. The van der Waals surface area contributed by atoms with Gasteiger partial charge in [-0.05, 0) is 23.9 Å². The van der Waals surface area contributed by atoms with Crippen LogP contribution < -0.4 is 5.01 Å². The summed E-state index contributed by atoms with van der Waals surface area (Å²) in [5.41, 5.74) is 2.56. The number of hydrogen-bond acceptors (Lipinski definition) is 3. The molecule has 3 heteroatoms. The molecule has 74 valence electrons. The van der Waals surface area contributed by atoms with Crippen molar-refractivity contribution in [2.75, 3.05) is 11.6 Å². The first-order chi connectivity index (χ1) is 6.81. The third kappa shape index (κ3) is 1.73. The molecule has 1 aliphatic rings. The molecule has 0 saturated heterocycles. The maximum atomic E-state index is 4.57. The normalized spacial score (nSPS) is 15.8. The number of anilines is 1. The highest BCUT2D eigenvalue weighted by Crippen LogP contribution is 2.29. The van der Waals surface area contributed by atoms with Gasteiger partial charge in [0.2, 0.25) is 0 Å². The Hall–Kier alpha value is -1.09. The summed E-state index contributed by atoms with van der Waals surface area (Å²) in [5.74, 6) is 0. The van der Waals surface area contributed by atoms with Crippen molar-refractivity contribution in [3.05, 3.63) is 29.7 Å². The molecule has 0 saturated carbocycles. The van der Waals surface area contributed by atoms with Crippen molar-refractivity contribution < 1.29 is 0 Å². The first kappa shape index (κ1) is 9.46. The molecule has 0 unspecified atom stereocenters. The monoisotopic (exact) mass is 206 g/mol. The van der Waals surface area contributed by atoms with E-state index in [0.717, 1.165) is 19.4 Å². The van der Waals surface area contributed by atoms with Crippen molar-refractivity contribution in [1.82, 2.24) is 0 Å². The molecule has 0 atom stereocenters. The van der Waals surface area contributed by atoms with Gasteiger partial charge in [-0.3, -0.25) is 5.01 Å². The zero-order chi connectivity index (χ0) is 9.97. The Morgan fingerprint density at radius 1 is 1.71 bits per heavy atom. The van der Waals surface area contributed by atoms with E-state index >= 15 is 0 Å². The van der Waals surface area contributed by atoms with Gasteiger partial charge in [0.25, 0.3) is 0 Å². The minimum atomic E-state index is 0.918. The van der Waals surface area contributed by atoms with Crippen molar-refractivity contribution in [2.45, 2.75) is 19.8 Å². The van der Waals surface area contributed by atoms with Crippen LogP contribution in [0.25, 0.3) is 0 Å². The van der Waals surface area contributed by atoms with E-state index in [1.54, 1.807) is 11.3 Å². The lowest BCUT2D eigenvalue weighted by molar-refractivity contribution is 0.929. The van der Waals surface area contributed by atoms with E-state index in [1.807, 2.05) is 6.08 Å². The summed E-state index contributed by atoms with van der Waals surface area (Å²) in [5, 5.41) is 10.1. The lowest BCUT2D eigenvalue weighted by atomic mass is 10.2. The third-order valence-corrected chi connectivity index (χ3v) is 3.35. The third-order valence-electron chi connectivity index (χ3n) is 2.32. The number of hydrazone groups is 1. The van der Waals surface area contributed by atoms with Crippen LogP contribution in [0.15, 0.2) is 29.2 Å². The van der Waals surface area contributed by atoms with E-state index in [2.05, 4.69) is 35.1 Å². The zero-order valence-corrected chi connectivity index (χ0v) is 9.18. The van der Waals surface area contributed by atoms with Crippen LogP contribution in [0.4, 0.5) is 5.00 Å². The number of rotatable bonds is 3. The van der Waals surface area contributed by atoms with Crippen LogP contribution in [0.2, 0.25) is 0 Å². The Labute approximate surface area is 88.6 Å². The summed E-state index contributed by atoms with van der Waals surface area (Å²) >= 11 is 1.76. The van der Waals surface area contributed by atoms with Gasteiger partial charge in [-0.2, -0.15) is 5.10 Å². The molecule has 1 aromatic rings. The van der Waals surface area contributed by atoms with Crippen LogP contribution in [-0.4, -0.2) is 12.3 Å². The lowest BCUT2D eigenvalue weighted by Crippen LogP contribution is -2.10. The zero-order valence-electron chi connectivity index (χ0n) is 8.36. The fourth-order valence-corrected chi connectivity index (χ4v) is 2.50. The van der Waals surface area contributed by atoms with Gasteiger partial charge in [0.1, 0.15) is 5.00 Å². The highest BCUT2D eigenvalue weighted by molar-refractivity contribution is 7.14. The summed E-state index contributed by atoms with van der Waals surface area (Å²) < 4.78 is 0. The molecule has 0 spiro atoms. The molecule has 1 aromatic heterocycles. The summed E-state index contributed by atoms with van der Waals surface area (Å²) in [6, 6.07) is 2.14. The largest absolute Gasteiger partial charge is 0.255 e. The minimum Gasteiger partial charge on any atom is -0.255 e. The molecule has 2 rings (SSSR count). The maximum Gasteiger partial charge on any atom is 0.115 e. The molecule has 2 nitrogen and oxygen atoms in total. The standard InChI is InChI=1S/C11H14N2S/c1-3-4-10-5-7-13(12-10)11-9(2)6-8-14-11/h3,6,8H,1,4-5,7H2,2H3. The highest BCUT2D eigenvalue weighted by Gasteiger charge is 2.16. The second-order valence-corrected chi connectivity index (χ2v) is 4.34. The van der Waals surface area contributed by atoms with Gasteiger partial charge in [-0.25, -0.2) is 0 Å². The summed E-state index contributed by atoms with van der Waals surface area (Å²) in [6.45, 7) is 6.88. The van der Waals surface area contributed by atoms with Gasteiger partial charge in [0, 0.05) is 25.1 Å². The van der Waals surface area contributed by atoms with Gasteiger partial charge >= 0.3 is 0 Å². The Morgan fingerprint density at radius 3 is 3.21 bits per heavy atom. The summed E-state index contributed by atoms with van der Waals surface area (Å²) in [7, 11) is 0. The SMILES string of the molecule is C=CCC1=NN(c2sccc2C)CC1. The topological polar surface area (TPSA) is 15.6 Å². The van der Waals surface area contributed by atoms with Crippen molar-refractivity contribution in [3.63, 3.8) is 0 Å². The van der Waals surface area contributed by atoms with Crippen molar-refractivity contribution in [3.8, 4) is 0 Å². The molecule has 0 radical (unpaired) electrons. The molecule has 1 aliphatic heterocycles. The molecule has 0 aliphatic carbocycles. The van der Waals surface area contributed by atoms with Gasteiger partial charge in [0.15, 0.2) is 0 Å². The van der Waals surface area contributed by atoms with E-state index in [9.17, 15) is 0 Å². The van der Waals surface area contributed by atoms with Crippen LogP contribution in [0.1, 0.15) is 18.4 Å². The van der Waals surface area contributed by atoms with Crippen molar-refractivity contribution >= 4 is 22.0 Å². The Morgan fingerprint density at radius 2 is 2.57 bits per heavy atom. The number of nitrogens with zero attached hydrogens (tertiary/aromatic N) is 2. The summed E-state index contributed by atoms with van der Waals surface area (Å²) in [6.07, 6.45) is 3.91. The Kier molecular flexibility index (Phi) is 2.68. The second kappa shape index (κ2) is 3.96. The van der Waals surface area contributed by atoms with E-state index in [-0.39, 0.29) is 0 Å². The van der Waals surface area contributed by atoms with E-state index in [1.165, 1.54) is 16.3 Å². The molecule has 0 amide bonds. The molecule has 0 N–H and O–H groups in total. The highest BCUT2D eigenvalue weighted by atomic mass is 32.1. The van der Waals surface area contributed by atoms with Gasteiger partial charge in [-0.1, -0.05) is 6.08 Å².